The van der Waals surface area contributed by atoms with Crippen LogP contribution in [0, 0.1) is 13.8 Å². The molecule has 3 nitrogen and oxygen atoms in total. The Morgan fingerprint density at radius 3 is 2.06 bits per heavy atom. The zero-order valence-corrected chi connectivity index (χ0v) is 10.4. The van der Waals surface area contributed by atoms with Gasteiger partial charge in [0.15, 0.2) is 6.29 Å². The normalized spacial score (nSPS) is 9.22. The molecule has 2 N–H and O–H groups in total. The molecule has 2 rings (SSSR count). The van der Waals surface area contributed by atoms with Crippen molar-refractivity contribution in [1.82, 2.24) is 0 Å². The molecule has 0 aliphatic carbocycles. The standard InChI is InChI=1S/C8H8O2.C7H8O/c1-6-2-3-8(10)7(4-6)5-9;1-6-4-2-3-5-7(6)8/h2-5,10H,1H3;2-5,8H,1H3. The van der Waals surface area contributed by atoms with Crippen molar-refractivity contribution < 1.29 is 15.0 Å². The summed E-state index contributed by atoms with van der Waals surface area (Å²) in [5.74, 6) is 0.410. The first-order chi connectivity index (χ1) is 8.54. The van der Waals surface area contributed by atoms with Gasteiger partial charge < -0.3 is 10.2 Å². The zero-order valence-electron chi connectivity index (χ0n) is 10.4. The Hall–Kier alpha value is -2.29. The lowest BCUT2D eigenvalue weighted by Gasteiger charge is -1.96. The summed E-state index contributed by atoms with van der Waals surface area (Å²) in [6, 6.07) is 12.2. The van der Waals surface area contributed by atoms with Gasteiger partial charge in [-0.2, -0.15) is 0 Å². The summed E-state index contributed by atoms with van der Waals surface area (Å²) in [5, 5.41) is 17.9. The molecule has 0 aliphatic rings. The van der Waals surface area contributed by atoms with Gasteiger partial charge in [0, 0.05) is 0 Å². The number of phenolic OH excluding ortho intramolecular Hbond substituents is 2. The molecule has 2 aromatic rings. The van der Waals surface area contributed by atoms with E-state index in [2.05, 4.69) is 0 Å². The number of rotatable bonds is 1. The molecule has 0 spiro atoms. The summed E-state index contributed by atoms with van der Waals surface area (Å²) < 4.78 is 0. The Kier molecular flexibility index (Phi) is 4.93. The first-order valence-electron chi connectivity index (χ1n) is 5.54. The lowest BCUT2D eigenvalue weighted by Crippen LogP contribution is -1.81. The molecule has 0 saturated heterocycles. The van der Waals surface area contributed by atoms with Crippen LogP contribution in [-0.2, 0) is 0 Å². The van der Waals surface area contributed by atoms with E-state index in [4.69, 9.17) is 10.2 Å². The monoisotopic (exact) mass is 244 g/mol. The van der Waals surface area contributed by atoms with E-state index < -0.39 is 0 Å². The third-order valence-corrected chi connectivity index (χ3v) is 2.43. The van der Waals surface area contributed by atoms with Gasteiger partial charge >= 0.3 is 0 Å². The van der Waals surface area contributed by atoms with E-state index in [1.165, 1.54) is 6.07 Å². The summed E-state index contributed by atoms with van der Waals surface area (Å²) in [6.07, 6.45) is 0.641. The van der Waals surface area contributed by atoms with Crippen LogP contribution >= 0.6 is 0 Å². The quantitative estimate of drug-likeness (QED) is 0.757. The van der Waals surface area contributed by atoms with Gasteiger partial charge in [0.05, 0.1) is 5.56 Å². The van der Waals surface area contributed by atoms with Gasteiger partial charge in [0.1, 0.15) is 11.5 Å². The number of para-hydroxylation sites is 1. The van der Waals surface area contributed by atoms with Crippen molar-refractivity contribution in [3.63, 3.8) is 0 Å². The molecule has 2 aromatic carbocycles. The zero-order chi connectivity index (χ0) is 13.5. The molecule has 0 atom stereocenters. The topological polar surface area (TPSA) is 57.5 Å². The molecule has 0 radical (unpaired) electrons. The fourth-order valence-electron chi connectivity index (χ4n) is 1.33. The molecule has 0 saturated carbocycles. The molecule has 0 unspecified atom stereocenters. The van der Waals surface area contributed by atoms with Gasteiger partial charge in [-0.05, 0) is 37.6 Å². The first kappa shape index (κ1) is 13.8. The van der Waals surface area contributed by atoms with Crippen LogP contribution in [0.1, 0.15) is 21.5 Å². The number of phenols is 2. The van der Waals surface area contributed by atoms with Crippen LogP contribution < -0.4 is 0 Å². The van der Waals surface area contributed by atoms with E-state index in [0.717, 1.165) is 11.1 Å². The van der Waals surface area contributed by atoms with Crippen LogP contribution in [0.25, 0.3) is 0 Å². The van der Waals surface area contributed by atoms with Crippen molar-refractivity contribution in [1.29, 1.82) is 0 Å². The highest BCUT2D eigenvalue weighted by Gasteiger charge is 1.96. The molecule has 0 amide bonds. The van der Waals surface area contributed by atoms with E-state index in [-0.39, 0.29) is 5.75 Å². The van der Waals surface area contributed by atoms with Crippen LogP contribution in [0.3, 0.4) is 0 Å². The molecule has 18 heavy (non-hydrogen) atoms. The maximum absolute atomic E-state index is 10.2. The largest absolute Gasteiger partial charge is 0.508 e. The average molecular weight is 244 g/mol. The summed E-state index contributed by atoms with van der Waals surface area (Å²) in [5.41, 5.74) is 2.24. The minimum atomic E-state index is 0.0422. The molecule has 0 fully saturated rings. The van der Waals surface area contributed by atoms with Gasteiger partial charge in [-0.1, -0.05) is 29.8 Å². The number of aldehydes is 1. The van der Waals surface area contributed by atoms with Crippen molar-refractivity contribution in [2.24, 2.45) is 0 Å². The summed E-state index contributed by atoms with van der Waals surface area (Å²) >= 11 is 0. The van der Waals surface area contributed by atoms with Crippen LogP contribution in [0.4, 0.5) is 0 Å². The maximum atomic E-state index is 10.2. The molecule has 94 valence electrons. The number of hydrogen-bond acceptors (Lipinski definition) is 3. The second-order valence-corrected chi connectivity index (χ2v) is 3.97. The number of carbonyl (C=O) groups excluding carboxylic acids is 1. The van der Waals surface area contributed by atoms with E-state index in [0.29, 0.717) is 17.6 Å². The molecular formula is C15H16O3. The van der Waals surface area contributed by atoms with Gasteiger partial charge in [0.25, 0.3) is 0 Å². The van der Waals surface area contributed by atoms with Crippen LogP contribution in [0.2, 0.25) is 0 Å². The molecule has 0 bridgehead atoms. The Bertz CT molecular complexity index is 512. The van der Waals surface area contributed by atoms with Crippen molar-refractivity contribution in [3.8, 4) is 11.5 Å². The summed E-state index contributed by atoms with van der Waals surface area (Å²) in [6.45, 7) is 3.74. The average Bonchev–Trinajstić information content (AvgIpc) is 2.37. The van der Waals surface area contributed by atoms with Crippen LogP contribution in [0.5, 0.6) is 11.5 Å². The summed E-state index contributed by atoms with van der Waals surface area (Å²) in [7, 11) is 0. The predicted molar refractivity (Wildman–Crippen MR) is 71.1 cm³/mol. The van der Waals surface area contributed by atoms with E-state index >= 15 is 0 Å². The van der Waals surface area contributed by atoms with E-state index in [9.17, 15) is 4.79 Å². The molecule has 0 aromatic heterocycles. The van der Waals surface area contributed by atoms with Crippen molar-refractivity contribution >= 4 is 6.29 Å². The molecule has 3 heteroatoms. The fourth-order valence-corrected chi connectivity index (χ4v) is 1.33. The third-order valence-electron chi connectivity index (χ3n) is 2.43. The lowest BCUT2D eigenvalue weighted by atomic mass is 10.1. The Morgan fingerprint density at radius 1 is 0.944 bits per heavy atom. The van der Waals surface area contributed by atoms with Crippen molar-refractivity contribution in [2.75, 3.05) is 0 Å². The molecular weight excluding hydrogens is 228 g/mol. The SMILES string of the molecule is Cc1ccc(O)c(C=O)c1.Cc1ccccc1O. The van der Waals surface area contributed by atoms with E-state index in [1.807, 2.05) is 32.0 Å². The van der Waals surface area contributed by atoms with Gasteiger partial charge in [0.2, 0.25) is 0 Å². The Labute approximate surface area is 106 Å². The smallest absolute Gasteiger partial charge is 0.153 e. The number of carbonyl (C=O) groups is 1. The minimum Gasteiger partial charge on any atom is -0.508 e. The van der Waals surface area contributed by atoms with Gasteiger partial charge in [-0.3, -0.25) is 4.79 Å². The Morgan fingerprint density at radius 2 is 1.61 bits per heavy atom. The predicted octanol–water partition coefficient (Wildman–Crippen LogP) is 3.21. The molecule has 0 aliphatic heterocycles. The van der Waals surface area contributed by atoms with Gasteiger partial charge in [-0.15, -0.1) is 0 Å². The van der Waals surface area contributed by atoms with E-state index in [1.54, 1.807) is 18.2 Å². The van der Waals surface area contributed by atoms with Crippen LogP contribution in [0.15, 0.2) is 42.5 Å². The highest BCUT2D eigenvalue weighted by atomic mass is 16.3. The minimum absolute atomic E-state index is 0.0422. The third kappa shape index (κ3) is 3.94. The fraction of sp³-hybridized carbons (Fsp3) is 0.133. The lowest BCUT2D eigenvalue weighted by molar-refractivity contribution is 0.112. The van der Waals surface area contributed by atoms with Crippen LogP contribution in [-0.4, -0.2) is 16.5 Å². The molecule has 0 heterocycles. The summed E-state index contributed by atoms with van der Waals surface area (Å²) in [4.78, 5) is 10.2. The number of aromatic hydroxyl groups is 2. The highest BCUT2D eigenvalue weighted by molar-refractivity contribution is 5.79. The second kappa shape index (κ2) is 6.45. The van der Waals surface area contributed by atoms with Gasteiger partial charge in [-0.25, -0.2) is 0 Å². The maximum Gasteiger partial charge on any atom is 0.153 e. The van der Waals surface area contributed by atoms with Crippen molar-refractivity contribution in [3.05, 3.63) is 59.2 Å². The Balaban J connectivity index is 0.000000184. The number of aryl methyl sites for hydroxylation is 2. The number of hydrogen-bond donors (Lipinski definition) is 2. The number of benzene rings is 2. The highest BCUT2D eigenvalue weighted by Crippen LogP contribution is 2.15. The second-order valence-electron chi connectivity index (χ2n) is 3.97. The first-order valence-corrected chi connectivity index (χ1v) is 5.54. The van der Waals surface area contributed by atoms with Crippen molar-refractivity contribution in [2.45, 2.75) is 13.8 Å².